The average Bonchev–Trinajstić information content (AvgIpc) is 3.23. The van der Waals surface area contributed by atoms with Crippen molar-refractivity contribution >= 4 is 33.3 Å². The van der Waals surface area contributed by atoms with Gasteiger partial charge in [-0.25, -0.2) is 13.2 Å². The summed E-state index contributed by atoms with van der Waals surface area (Å²) in [4.78, 5) is 27.1. The van der Waals surface area contributed by atoms with E-state index in [9.17, 15) is 18.0 Å². The molecule has 7 nitrogen and oxygen atoms in total. The van der Waals surface area contributed by atoms with Gasteiger partial charge in [0.2, 0.25) is 0 Å². The molecule has 1 heterocycles. The number of benzene rings is 3. The molecule has 1 amide bonds. The van der Waals surface area contributed by atoms with E-state index in [0.29, 0.717) is 12.1 Å². The largest absolute Gasteiger partial charge is 0.452 e. The van der Waals surface area contributed by atoms with Crippen LogP contribution >= 0.6 is 0 Å². The number of para-hydroxylation sites is 2. The zero-order chi connectivity index (χ0) is 23.6. The van der Waals surface area contributed by atoms with Crippen molar-refractivity contribution in [1.29, 1.82) is 0 Å². The lowest BCUT2D eigenvalue weighted by Crippen LogP contribution is -2.33. The molecule has 0 spiro atoms. The van der Waals surface area contributed by atoms with Gasteiger partial charge in [-0.15, -0.1) is 0 Å². The van der Waals surface area contributed by atoms with E-state index in [1.54, 1.807) is 43.0 Å². The van der Waals surface area contributed by atoms with Gasteiger partial charge in [-0.2, -0.15) is 0 Å². The monoisotopic (exact) mass is 464 g/mol. The van der Waals surface area contributed by atoms with E-state index in [1.807, 2.05) is 30.3 Å². The Kier molecular flexibility index (Phi) is 6.20. The summed E-state index contributed by atoms with van der Waals surface area (Å²) in [5.41, 5.74) is 3.40. The topological polar surface area (TPSA) is 92.8 Å². The first-order valence-electron chi connectivity index (χ1n) is 10.5. The lowest BCUT2D eigenvalue weighted by Gasteiger charge is -2.18. The Hall–Kier alpha value is -3.65. The number of hydrogen-bond acceptors (Lipinski definition) is 5. The highest BCUT2D eigenvalue weighted by Gasteiger charge is 2.26. The molecule has 0 atom stereocenters. The number of aryl methyl sites for hydroxylation is 2. The lowest BCUT2D eigenvalue weighted by atomic mass is 10.2. The quantitative estimate of drug-likeness (QED) is 0.560. The number of amides is 1. The van der Waals surface area contributed by atoms with Crippen LogP contribution in [-0.2, 0) is 26.0 Å². The van der Waals surface area contributed by atoms with E-state index >= 15 is 0 Å². The van der Waals surface area contributed by atoms with Crippen LogP contribution in [0.1, 0.15) is 27.0 Å². The molecule has 8 heteroatoms. The molecule has 0 bridgehead atoms. The fourth-order valence-corrected chi connectivity index (χ4v) is 5.24. The minimum atomic E-state index is -3.93. The highest BCUT2D eigenvalue weighted by molar-refractivity contribution is 7.92. The Morgan fingerprint density at radius 1 is 1.00 bits per heavy atom. The van der Waals surface area contributed by atoms with Crippen LogP contribution in [0.2, 0.25) is 0 Å². The minimum absolute atomic E-state index is 0.0287. The fraction of sp³-hybridized carbons (Fsp3) is 0.200. The Balaban J connectivity index is 1.49. The van der Waals surface area contributed by atoms with E-state index < -0.39 is 22.6 Å². The van der Waals surface area contributed by atoms with E-state index in [1.165, 1.54) is 12.1 Å². The summed E-state index contributed by atoms with van der Waals surface area (Å²) in [7, 11) is -3.93. The third-order valence-corrected chi connectivity index (χ3v) is 7.05. The first-order chi connectivity index (χ1) is 15.8. The molecule has 0 fully saturated rings. The highest BCUT2D eigenvalue weighted by atomic mass is 32.2. The number of ether oxygens (including phenoxy) is 1. The van der Waals surface area contributed by atoms with Crippen LogP contribution in [0.25, 0.3) is 0 Å². The van der Waals surface area contributed by atoms with E-state index in [-0.39, 0.29) is 22.1 Å². The van der Waals surface area contributed by atoms with Gasteiger partial charge in [0.25, 0.3) is 15.9 Å². The van der Waals surface area contributed by atoms with Crippen molar-refractivity contribution in [1.82, 2.24) is 0 Å². The molecule has 0 aromatic heterocycles. The normalized spacial score (nSPS) is 12.8. The molecule has 0 unspecified atom stereocenters. The molecule has 0 aliphatic carbocycles. The van der Waals surface area contributed by atoms with Gasteiger partial charge in [-0.1, -0.05) is 42.5 Å². The summed E-state index contributed by atoms with van der Waals surface area (Å²) in [5.74, 6) is -1.11. The second-order valence-electron chi connectivity index (χ2n) is 7.92. The van der Waals surface area contributed by atoms with Crippen molar-refractivity contribution in [3.8, 4) is 0 Å². The van der Waals surface area contributed by atoms with Crippen LogP contribution in [0.3, 0.4) is 0 Å². The number of carbonyl (C=O) groups excluding carboxylic acids is 2. The highest BCUT2D eigenvalue weighted by Crippen LogP contribution is 2.28. The molecule has 4 rings (SSSR count). The second kappa shape index (κ2) is 9.07. The van der Waals surface area contributed by atoms with Crippen LogP contribution < -0.4 is 9.62 Å². The van der Waals surface area contributed by atoms with Crippen molar-refractivity contribution in [2.24, 2.45) is 0 Å². The van der Waals surface area contributed by atoms with Gasteiger partial charge in [0, 0.05) is 12.2 Å². The Morgan fingerprint density at radius 3 is 2.55 bits per heavy atom. The molecular weight excluding hydrogens is 440 g/mol. The van der Waals surface area contributed by atoms with Crippen molar-refractivity contribution in [3.63, 3.8) is 0 Å². The number of nitrogens with zero attached hydrogens (tertiary/aromatic N) is 1. The number of anilines is 2. The van der Waals surface area contributed by atoms with Crippen molar-refractivity contribution in [2.45, 2.75) is 25.2 Å². The van der Waals surface area contributed by atoms with E-state index in [4.69, 9.17) is 4.74 Å². The van der Waals surface area contributed by atoms with Crippen molar-refractivity contribution in [2.75, 3.05) is 22.8 Å². The molecule has 3 aromatic carbocycles. The molecule has 0 radical (unpaired) electrons. The maximum absolute atomic E-state index is 13.0. The van der Waals surface area contributed by atoms with Gasteiger partial charge in [-0.05, 0) is 61.2 Å². The summed E-state index contributed by atoms with van der Waals surface area (Å²) < 4.78 is 33.7. The molecule has 33 heavy (non-hydrogen) atoms. The summed E-state index contributed by atoms with van der Waals surface area (Å²) in [6.07, 6.45) is 0.749. The first kappa shape index (κ1) is 22.5. The fourth-order valence-electron chi connectivity index (χ4n) is 3.83. The van der Waals surface area contributed by atoms with E-state index in [2.05, 4.69) is 4.72 Å². The third kappa shape index (κ3) is 4.75. The second-order valence-corrected chi connectivity index (χ2v) is 9.57. The Labute approximate surface area is 193 Å². The van der Waals surface area contributed by atoms with Crippen molar-refractivity contribution < 1.29 is 22.7 Å². The molecule has 3 aromatic rings. The number of sulfonamides is 1. The smallest absolute Gasteiger partial charge is 0.340 e. The molecule has 0 saturated heterocycles. The van der Waals surface area contributed by atoms with Gasteiger partial charge in [0.15, 0.2) is 6.61 Å². The first-order valence-corrected chi connectivity index (χ1v) is 12.0. The van der Waals surface area contributed by atoms with Crippen molar-refractivity contribution in [3.05, 3.63) is 89.0 Å². The van der Waals surface area contributed by atoms with Crippen LogP contribution in [0.15, 0.2) is 71.6 Å². The van der Waals surface area contributed by atoms with Gasteiger partial charge >= 0.3 is 5.97 Å². The van der Waals surface area contributed by atoms with Gasteiger partial charge in [-0.3, -0.25) is 9.52 Å². The number of hydrogen-bond donors (Lipinski definition) is 1. The summed E-state index contributed by atoms with van der Waals surface area (Å²) in [5, 5.41) is 0. The predicted molar refractivity (Wildman–Crippen MR) is 126 cm³/mol. The van der Waals surface area contributed by atoms with Crippen LogP contribution in [0, 0.1) is 13.8 Å². The summed E-state index contributed by atoms with van der Waals surface area (Å²) >= 11 is 0. The molecule has 0 saturated carbocycles. The number of carbonyl (C=O) groups is 2. The number of esters is 1. The van der Waals surface area contributed by atoms with Crippen LogP contribution in [0.4, 0.5) is 11.4 Å². The number of fused-ring (bicyclic) bond motifs is 1. The standard InChI is InChI=1S/C25H24N2O5S/c1-17-11-12-18(2)23(15-17)33(30,31)26-21-9-5-4-8-20(21)25(29)32-16-24(28)27-14-13-19-7-3-6-10-22(19)27/h3-12,15,26H,13-14,16H2,1-2H3. The number of rotatable bonds is 6. The maximum Gasteiger partial charge on any atom is 0.340 e. The molecule has 1 N–H and O–H groups in total. The number of nitrogens with one attached hydrogen (secondary N) is 1. The molecular formula is C25H24N2O5S. The summed E-state index contributed by atoms with van der Waals surface area (Å²) in [6, 6.07) is 18.9. The molecule has 170 valence electrons. The van der Waals surface area contributed by atoms with Crippen LogP contribution in [0.5, 0.6) is 0 Å². The zero-order valence-electron chi connectivity index (χ0n) is 18.4. The van der Waals surface area contributed by atoms with Gasteiger partial charge in [0.1, 0.15) is 0 Å². The zero-order valence-corrected chi connectivity index (χ0v) is 19.2. The SMILES string of the molecule is Cc1ccc(C)c(S(=O)(=O)Nc2ccccc2C(=O)OCC(=O)N2CCc3ccccc32)c1. The molecule has 1 aliphatic heterocycles. The maximum atomic E-state index is 13.0. The van der Waals surface area contributed by atoms with Crippen LogP contribution in [-0.4, -0.2) is 33.4 Å². The average molecular weight is 465 g/mol. The van der Waals surface area contributed by atoms with Gasteiger partial charge < -0.3 is 9.64 Å². The van der Waals surface area contributed by atoms with Gasteiger partial charge in [0.05, 0.1) is 16.1 Å². The van der Waals surface area contributed by atoms with E-state index in [0.717, 1.165) is 23.2 Å². The third-order valence-electron chi connectivity index (χ3n) is 5.54. The molecule has 1 aliphatic rings. The Morgan fingerprint density at radius 2 is 1.73 bits per heavy atom. The summed E-state index contributed by atoms with van der Waals surface area (Å²) in [6.45, 7) is 3.60. The lowest BCUT2D eigenvalue weighted by molar-refractivity contribution is -0.121. The predicted octanol–water partition coefficient (Wildman–Crippen LogP) is 3.85. The Bertz CT molecular complexity index is 1330. The minimum Gasteiger partial charge on any atom is -0.452 e.